The minimum Gasteiger partial charge on any atom is -0.330 e. The fraction of sp³-hybridized carbons (Fsp3) is 1.00. The molecule has 0 bridgehead atoms. The van der Waals surface area contributed by atoms with Crippen LogP contribution in [0.2, 0.25) is 6.32 Å². The Labute approximate surface area is 46.7 Å². The Kier molecular flexibility index (Phi) is 6.05. The van der Waals surface area contributed by atoms with E-state index in [9.17, 15) is 0 Å². The van der Waals surface area contributed by atoms with Crippen LogP contribution in [-0.2, 0) is 0 Å². The van der Waals surface area contributed by atoms with Gasteiger partial charge in [0.15, 0.2) is 0 Å². The van der Waals surface area contributed by atoms with Crippen LogP contribution in [0, 0.1) is 0 Å². The van der Waals surface area contributed by atoms with Crippen molar-refractivity contribution < 1.29 is 0 Å². The predicted molar refractivity (Wildman–Crippen MR) is 36.3 cm³/mol. The van der Waals surface area contributed by atoms with Crippen molar-refractivity contribution in [2.45, 2.75) is 25.6 Å². The average molecular weight is 99.0 g/mol. The Bertz CT molecular complexity index is 27.3. The zero-order valence-electron chi connectivity index (χ0n) is 5.11. The zero-order chi connectivity index (χ0) is 5.54. The third kappa shape index (κ3) is 6.02. The van der Waals surface area contributed by atoms with Crippen molar-refractivity contribution in [1.82, 2.24) is 0 Å². The van der Waals surface area contributed by atoms with Crippen molar-refractivity contribution in [1.29, 1.82) is 0 Å². The lowest BCUT2D eigenvalue weighted by atomic mass is 10.00. The van der Waals surface area contributed by atoms with E-state index in [0.29, 0.717) is 0 Å². The highest BCUT2D eigenvalue weighted by Gasteiger charge is 1.80. The van der Waals surface area contributed by atoms with Gasteiger partial charge in [-0.1, -0.05) is 19.2 Å². The van der Waals surface area contributed by atoms with E-state index in [1.165, 1.54) is 25.6 Å². The monoisotopic (exact) mass is 99.1 g/mol. The summed E-state index contributed by atoms with van der Waals surface area (Å²) in [6.45, 7) is 0.861. The molecular weight excluding hydrogens is 84.9 g/mol. The topological polar surface area (TPSA) is 26.0 Å². The van der Waals surface area contributed by atoms with Crippen LogP contribution in [0.1, 0.15) is 19.3 Å². The molecule has 2 heteroatoms. The molecule has 0 heterocycles. The summed E-state index contributed by atoms with van der Waals surface area (Å²) in [7, 11) is 2.20. The largest absolute Gasteiger partial charge is 0.330 e. The summed E-state index contributed by atoms with van der Waals surface area (Å²) >= 11 is 0. The summed E-state index contributed by atoms with van der Waals surface area (Å²) in [5.74, 6) is 0. The Balaban J connectivity index is 2.45. The highest BCUT2D eigenvalue weighted by Crippen LogP contribution is 1.94. The molecule has 0 aliphatic carbocycles. The van der Waals surface area contributed by atoms with Crippen molar-refractivity contribution in [3.8, 4) is 0 Å². The summed E-state index contributed by atoms with van der Waals surface area (Å²) < 4.78 is 0. The highest BCUT2D eigenvalue weighted by molar-refractivity contribution is 6.08. The minimum absolute atomic E-state index is 0.861. The van der Waals surface area contributed by atoms with Crippen molar-refractivity contribution in [2.24, 2.45) is 5.73 Å². The number of unbranched alkanes of at least 4 members (excludes halogenated alkanes) is 2. The van der Waals surface area contributed by atoms with Crippen LogP contribution in [0.4, 0.5) is 0 Å². The molecule has 0 saturated carbocycles. The lowest BCUT2D eigenvalue weighted by molar-refractivity contribution is 0.727. The van der Waals surface area contributed by atoms with Gasteiger partial charge in [0.25, 0.3) is 0 Å². The molecule has 0 aliphatic rings. The van der Waals surface area contributed by atoms with Gasteiger partial charge in [-0.2, -0.15) is 0 Å². The maximum atomic E-state index is 5.27. The number of rotatable bonds is 4. The number of hydrogen-bond donors (Lipinski definition) is 1. The van der Waals surface area contributed by atoms with Gasteiger partial charge >= 0.3 is 0 Å². The van der Waals surface area contributed by atoms with E-state index in [0.717, 1.165) is 6.54 Å². The molecule has 42 valence electrons. The lowest BCUT2D eigenvalue weighted by Crippen LogP contribution is -1.97. The second kappa shape index (κ2) is 6.02. The summed E-state index contributed by atoms with van der Waals surface area (Å²) in [4.78, 5) is 0. The third-order valence-corrected chi connectivity index (χ3v) is 1.06. The minimum atomic E-state index is 0.861. The maximum absolute atomic E-state index is 5.27. The van der Waals surface area contributed by atoms with E-state index in [1.54, 1.807) is 0 Å². The average Bonchev–Trinajstić information content (AvgIpc) is 1.69. The van der Waals surface area contributed by atoms with Crippen molar-refractivity contribution in [3.05, 3.63) is 0 Å². The molecule has 0 saturated heterocycles. The molecule has 7 heavy (non-hydrogen) atoms. The fourth-order valence-electron chi connectivity index (χ4n) is 0.571. The van der Waals surface area contributed by atoms with Gasteiger partial charge in [-0.3, -0.25) is 0 Å². The first kappa shape index (κ1) is 7.02. The van der Waals surface area contributed by atoms with Crippen LogP contribution in [0.5, 0.6) is 0 Å². The summed E-state index contributed by atoms with van der Waals surface area (Å²) in [5.41, 5.74) is 5.27. The Hall–Kier alpha value is 0.0249. The van der Waals surface area contributed by atoms with Gasteiger partial charge in [0.1, 0.15) is 7.85 Å². The fourth-order valence-corrected chi connectivity index (χ4v) is 0.571. The van der Waals surface area contributed by atoms with Crippen molar-refractivity contribution >= 4 is 7.85 Å². The molecule has 0 rings (SSSR count). The normalized spacial score (nSPS) is 9.29. The van der Waals surface area contributed by atoms with Crippen molar-refractivity contribution in [2.75, 3.05) is 6.54 Å². The Morgan fingerprint density at radius 2 is 1.86 bits per heavy atom. The summed E-state index contributed by atoms with van der Waals surface area (Å²) in [6.07, 6.45) is 5.16. The van der Waals surface area contributed by atoms with Gasteiger partial charge in [-0.15, -0.1) is 0 Å². The van der Waals surface area contributed by atoms with Crippen LogP contribution in [0.15, 0.2) is 0 Å². The van der Waals surface area contributed by atoms with Gasteiger partial charge in [-0.25, -0.2) is 0 Å². The molecule has 0 aromatic heterocycles. The first-order chi connectivity index (χ1) is 3.41. The molecule has 0 aromatic rings. The molecule has 2 N–H and O–H groups in total. The molecule has 0 amide bonds. The predicted octanol–water partition coefficient (Wildman–Crippen LogP) is 0.167. The van der Waals surface area contributed by atoms with Crippen LogP contribution in [0.3, 0.4) is 0 Å². The molecule has 0 radical (unpaired) electrons. The van der Waals surface area contributed by atoms with E-state index in [-0.39, 0.29) is 0 Å². The first-order valence-electron chi connectivity index (χ1n) is 3.12. The maximum Gasteiger partial charge on any atom is 0.101 e. The molecule has 0 spiro atoms. The SMILES string of the molecule is BCCCCCN. The zero-order valence-corrected chi connectivity index (χ0v) is 5.11. The first-order valence-corrected chi connectivity index (χ1v) is 3.12. The van der Waals surface area contributed by atoms with Gasteiger partial charge in [-0.05, 0) is 13.0 Å². The van der Waals surface area contributed by atoms with E-state index >= 15 is 0 Å². The molecule has 0 aliphatic heterocycles. The van der Waals surface area contributed by atoms with E-state index in [1.807, 2.05) is 0 Å². The van der Waals surface area contributed by atoms with E-state index in [2.05, 4.69) is 7.85 Å². The molecular formula is C5H14BN. The van der Waals surface area contributed by atoms with Crippen LogP contribution < -0.4 is 5.73 Å². The summed E-state index contributed by atoms with van der Waals surface area (Å²) in [5, 5.41) is 0. The smallest absolute Gasteiger partial charge is 0.101 e. The third-order valence-electron chi connectivity index (χ3n) is 1.06. The van der Waals surface area contributed by atoms with Crippen molar-refractivity contribution in [3.63, 3.8) is 0 Å². The number of hydrogen-bond acceptors (Lipinski definition) is 1. The van der Waals surface area contributed by atoms with Gasteiger partial charge in [0.2, 0.25) is 0 Å². The van der Waals surface area contributed by atoms with Gasteiger partial charge < -0.3 is 5.73 Å². The molecule has 0 fully saturated rings. The quantitative estimate of drug-likeness (QED) is 0.394. The van der Waals surface area contributed by atoms with Crippen LogP contribution in [0.25, 0.3) is 0 Å². The van der Waals surface area contributed by atoms with Crippen LogP contribution in [-0.4, -0.2) is 14.4 Å². The Morgan fingerprint density at radius 1 is 1.14 bits per heavy atom. The summed E-state index contributed by atoms with van der Waals surface area (Å²) in [6, 6.07) is 0. The van der Waals surface area contributed by atoms with Crippen LogP contribution >= 0.6 is 0 Å². The van der Waals surface area contributed by atoms with E-state index in [4.69, 9.17) is 5.73 Å². The number of nitrogens with two attached hydrogens (primary N) is 1. The standard InChI is InChI=1S/C5H14BN/c6-4-2-1-3-5-7/h1-7H2. The molecule has 1 nitrogen and oxygen atoms in total. The molecule has 0 atom stereocenters. The van der Waals surface area contributed by atoms with Gasteiger partial charge in [0, 0.05) is 0 Å². The molecule has 0 aromatic carbocycles. The lowest BCUT2D eigenvalue weighted by Gasteiger charge is -1.90. The highest BCUT2D eigenvalue weighted by atomic mass is 14.5. The van der Waals surface area contributed by atoms with E-state index < -0.39 is 0 Å². The molecule has 0 unspecified atom stereocenters. The second-order valence-corrected chi connectivity index (χ2v) is 1.85. The van der Waals surface area contributed by atoms with Gasteiger partial charge in [0.05, 0.1) is 0 Å². The second-order valence-electron chi connectivity index (χ2n) is 1.85. The Morgan fingerprint density at radius 3 is 2.29 bits per heavy atom.